The standard InChI is InChI=1S/C21H30O3/c1-15(8-10-18(20(23)24)16(2)12-14-22)9-11-19-17(3)7-6-13-21(19,4)5/h8-12,22H,6-7,13-14H2,1-5H3,(H,23,24)/b11-9?,15-8?,16-12-,18-10?. The number of hydrogen-bond acceptors (Lipinski definition) is 2. The molecule has 1 rings (SSSR count). The average molecular weight is 330 g/mol. The van der Waals surface area contributed by atoms with Crippen LogP contribution in [0.2, 0.25) is 0 Å². The summed E-state index contributed by atoms with van der Waals surface area (Å²) < 4.78 is 0. The predicted molar refractivity (Wildman–Crippen MR) is 99.8 cm³/mol. The molecular weight excluding hydrogens is 300 g/mol. The molecule has 0 fully saturated rings. The highest BCUT2D eigenvalue weighted by Gasteiger charge is 2.26. The molecule has 0 radical (unpaired) electrons. The van der Waals surface area contributed by atoms with Crippen molar-refractivity contribution in [1.29, 1.82) is 0 Å². The van der Waals surface area contributed by atoms with E-state index in [-0.39, 0.29) is 17.6 Å². The number of aliphatic hydroxyl groups is 1. The fourth-order valence-electron chi connectivity index (χ4n) is 3.11. The van der Waals surface area contributed by atoms with Gasteiger partial charge in [-0.3, -0.25) is 0 Å². The fourth-order valence-corrected chi connectivity index (χ4v) is 3.11. The van der Waals surface area contributed by atoms with Gasteiger partial charge in [-0.2, -0.15) is 0 Å². The van der Waals surface area contributed by atoms with E-state index in [1.807, 2.05) is 13.0 Å². The lowest BCUT2D eigenvalue weighted by atomic mass is 9.72. The number of carboxylic acid groups (broad SMARTS) is 1. The summed E-state index contributed by atoms with van der Waals surface area (Å²) in [5.74, 6) is -0.989. The van der Waals surface area contributed by atoms with Crippen LogP contribution < -0.4 is 0 Å². The van der Waals surface area contributed by atoms with E-state index in [1.54, 1.807) is 19.1 Å². The van der Waals surface area contributed by atoms with Crippen molar-refractivity contribution in [2.45, 2.75) is 53.9 Å². The van der Waals surface area contributed by atoms with Crippen molar-refractivity contribution in [2.75, 3.05) is 6.61 Å². The Kier molecular flexibility index (Phi) is 7.43. The number of aliphatic carboxylic acids is 1. The van der Waals surface area contributed by atoms with Crippen molar-refractivity contribution in [3.8, 4) is 0 Å². The summed E-state index contributed by atoms with van der Waals surface area (Å²) in [5.41, 5.74) is 4.78. The lowest BCUT2D eigenvalue weighted by Gasteiger charge is -2.32. The molecule has 0 aromatic rings. The molecule has 0 aromatic carbocycles. The van der Waals surface area contributed by atoms with Crippen LogP contribution in [0.1, 0.15) is 53.9 Å². The van der Waals surface area contributed by atoms with Crippen molar-refractivity contribution in [1.82, 2.24) is 0 Å². The molecule has 24 heavy (non-hydrogen) atoms. The van der Waals surface area contributed by atoms with E-state index >= 15 is 0 Å². The highest BCUT2D eigenvalue weighted by atomic mass is 16.4. The first-order chi connectivity index (χ1) is 11.2. The van der Waals surface area contributed by atoms with Crippen LogP contribution in [-0.4, -0.2) is 22.8 Å². The molecule has 0 aromatic heterocycles. The molecule has 3 heteroatoms. The average Bonchev–Trinajstić information content (AvgIpc) is 2.46. The number of aliphatic hydroxyl groups excluding tert-OH is 1. The Balaban J connectivity index is 3.03. The number of allylic oxidation sites excluding steroid dienone is 7. The minimum Gasteiger partial charge on any atom is -0.478 e. The van der Waals surface area contributed by atoms with Crippen LogP contribution >= 0.6 is 0 Å². The van der Waals surface area contributed by atoms with E-state index < -0.39 is 5.97 Å². The van der Waals surface area contributed by atoms with Crippen LogP contribution in [0.3, 0.4) is 0 Å². The van der Waals surface area contributed by atoms with Crippen LogP contribution in [0.15, 0.2) is 58.2 Å². The Morgan fingerprint density at radius 2 is 1.92 bits per heavy atom. The zero-order valence-corrected chi connectivity index (χ0v) is 15.5. The lowest BCUT2D eigenvalue weighted by molar-refractivity contribution is -0.132. The Morgan fingerprint density at radius 1 is 1.25 bits per heavy atom. The van der Waals surface area contributed by atoms with Gasteiger partial charge in [-0.05, 0) is 62.7 Å². The number of carbonyl (C=O) groups is 1. The summed E-state index contributed by atoms with van der Waals surface area (Å²) in [6.45, 7) is 10.2. The summed E-state index contributed by atoms with van der Waals surface area (Å²) >= 11 is 0. The Morgan fingerprint density at radius 3 is 2.46 bits per heavy atom. The number of carboxylic acids is 1. The monoisotopic (exact) mass is 330 g/mol. The first-order valence-corrected chi connectivity index (χ1v) is 8.47. The normalized spacial score (nSPS) is 20.0. The maximum atomic E-state index is 11.3. The van der Waals surface area contributed by atoms with Crippen LogP contribution in [0, 0.1) is 5.41 Å². The third-order valence-corrected chi connectivity index (χ3v) is 4.62. The predicted octanol–water partition coefficient (Wildman–Crippen LogP) is 4.97. The quantitative estimate of drug-likeness (QED) is 0.534. The fraction of sp³-hybridized carbons (Fsp3) is 0.476. The summed E-state index contributed by atoms with van der Waals surface area (Å²) in [7, 11) is 0. The lowest BCUT2D eigenvalue weighted by Crippen LogP contribution is -2.19. The zero-order chi connectivity index (χ0) is 18.3. The van der Waals surface area contributed by atoms with Crippen LogP contribution in [0.4, 0.5) is 0 Å². The van der Waals surface area contributed by atoms with Crippen LogP contribution in [0.25, 0.3) is 0 Å². The second-order valence-corrected chi connectivity index (χ2v) is 7.13. The molecule has 0 unspecified atom stereocenters. The van der Waals surface area contributed by atoms with Gasteiger partial charge in [0.1, 0.15) is 0 Å². The molecule has 0 saturated carbocycles. The molecule has 0 aliphatic heterocycles. The smallest absolute Gasteiger partial charge is 0.335 e. The van der Waals surface area contributed by atoms with Crippen molar-refractivity contribution < 1.29 is 15.0 Å². The minimum atomic E-state index is -0.989. The summed E-state index contributed by atoms with van der Waals surface area (Å²) in [6, 6.07) is 0. The molecule has 0 bridgehead atoms. The highest BCUT2D eigenvalue weighted by Crippen LogP contribution is 2.40. The largest absolute Gasteiger partial charge is 0.478 e. The molecule has 1 aliphatic rings. The molecule has 132 valence electrons. The molecule has 1 aliphatic carbocycles. The molecule has 0 atom stereocenters. The zero-order valence-electron chi connectivity index (χ0n) is 15.5. The Hall–Kier alpha value is -1.87. The van der Waals surface area contributed by atoms with Crippen LogP contribution in [0.5, 0.6) is 0 Å². The van der Waals surface area contributed by atoms with Gasteiger partial charge in [-0.15, -0.1) is 0 Å². The number of hydrogen-bond donors (Lipinski definition) is 2. The molecule has 3 nitrogen and oxygen atoms in total. The summed E-state index contributed by atoms with van der Waals surface area (Å²) in [4.78, 5) is 11.3. The molecule has 0 saturated heterocycles. The maximum absolute atomic E-state index is 11.3. The van der Waals surface area contributed by atoms with Gasteiger partial charge in [-0.1, -0.05) is 49.3 Å². The van der Waals surface area contributed by atoms with E-state index in [2.05, 4.69) is 26.8 Å². The Bertz CT molecular complexity index is 625. The van der Waals surface area contributed by atoms with Gasteiger partial charge >= 0.3 is 5.97 Å². The van der Waals surface area contributed by atoms with Crippen molar-refractivity contribution in [2.24, 2.45) is 5.41 Å². The molecule has 2 N–H and O–H groups in total. The Labute approximate surface area is 145 Å². The van der Waals surface area contributed by atoms with E-state index in [9.17, 15) is 9.90 Å². The van der Waals surface area contributed by atoms with Gasteiger partial charge in [0, 0.05) is 0 Å². The maximum Gasteiger partial charge on any atom is 0.335 e. The summed E-state index contributed by atoms with van der Waals surface area (Å²) in [6.07, 6.45) is 12.7. The van der Waals surface area contributed by atoms with Gasteiger partial charge in [0.2, 0.25) is 0 Å². The van der Waals surface area contributed by atoms with E-state index in [4.69, 9.17) is 5.11 Å². The molecule has 0 spiro atoms. The summed E-state index contributed by atoms with van der Waals surface area (Å²) in [5, 5.41) is 18.2. The first-order valence-electron chi connectivity index (χ1n) is 8.47. The van der Waals surface area contributed by atoms with E-state index in [1.165, 1.54) is 30.1 Å². The molecular formula is C21H30O3. The third-order valence-electron chi connectivity index (χ3n) is 4.62. The minimum absolute atomic E-state index is 0.165. The molecule has 0 amide bonds. The number of rotatable bonds is 6. The van der Waals surface area contributed by atoms with Gasteiger partial charge in [-0.25, -0.2) is 4.79 Å². The van der Waals surface area contributed by atoms with Gasteiger partial charge < -0.3 is 10.2 Å². The van der Waals surface area contributed by atoms with Crippen molar-refractivity contribution in [3.05, 3.63) is 58.2 Å². The van der Waals surface area contributed by atoms with Crippen LogP contribution in [-0.2, 0) is 4.79 Å². The van der Waals surface area contributed by atoms with Crippen molar-refractivity contribution in [3.63, 3.8) is 0 Å². The van der Waals surface area contributed by atoms with E-state index in [0.29, 0.717) is 5.57 Å². The topological polar surface area (TPSA) is 57.5 Å². The second-order valence-electron chi connectivity index (χ2n) is 7.13. The third kappa shape index (κ3) is 5.64. The van der Waals surface area contributed by atoms with Gasteiger partial charge in [0.15, 0.2) is 0 Å². The van der Waals surface area contributed by atoms with Gasteiger partial charge in [0.05, 0.1) is 12.2 Å². The van der Waals surface area contributed by atoms with E-state index in [0.717, 1.165) is 12.0 Å². The SMILES string of the molecule is CC(C=CC1=C(C)CCCC1(C)C)=CC=C(C(=O)O)/C(C)=C\CO. The first kappa shape index (κ1) is 20.2. The van der Waals surface area contributed by atoms with Gasteiger partial charge in [0.25, 0.3) is 0 Å². The second kappa shape index (κ2) is 8.84. The molecule has 0 heterocycles. The highest BCUT2D eigenvalue weighted by molar-refractivity contribution is 5.91. The van der Waals surface area contributed by atoms with Crippen molar-refractivity contribution >= 4 is 5.97 Å².